The summed E-state index contributed by atoms with van der Waals surface area (Å²) in [5, 5.41) is 8.37. The van der Waals surface area contributed by atoms with Gasteiger partial charge in [-0.25, -0.2) is 0 Å². The molecule has 3 heterocycles. The molecule has 1 saturated heterocycles. The van der Waals surface area contributed by atoms with E-state index in [1.54, 1.807) is 11.3 Å². The Kier molecular flexibility index (Phi) is 5.83. The fourth-order valence-electron chi connectivity index (χ4n) is 3.92. The van der Waals surface area contributed by atoms with E-state index in [1.807, 2.05) is 77.7 Å². The lowest BCUT2D eigenvalue weighted by Crippen LogP contribution is -2.19. The van der Waals surface area contributed by atoms with Crippen molar-refractivity contribution in [1.29, 1.82) is 0 Å². The third-order valence-corrected chi connectivity index (χ3v) is 6.55. The van der Waals surface area contributed by atoms with Crippen LogP contribution in [0.2, 0.25) is 0 Å². The number of aromatic nitrogens is 1. The number of anilines is 1. The van der Waals surface area contributed by atoms with Gasteiger partial charge in [-0.1, -0.05) is 18.2 Å². The first-order valence-electron chi connectivity index (χ1n) is 10.7. The molecule has 0 spiro atoms. The number of carbonyl (C=O) groups is 1. The van der Waals surface area contributed by atoms with Crippen LogP contribution in [0.1, 0.15) is 22.5 Å². The van der Waals surface area contributed by atoms with E-state index < -0.39 is 0 Å². The molecule has 0 saturated carbocycles. The summed E-state index contributed by atoms with van der Waals surface area (Å²) >= 11 is 1.63. The molecule has 1 aliphatic rings. The number of amides is 1. The van der Waals surface area contributed by atoms with Crippen LogP contribution in [0.15, 0.2) is 66.0 Å². The topological polar surface area (TPSA) is 64.5 Å². The van der Waals surface area contributed by atoms with Gasteiger partial charge in [-0.2, -0.15) is 0 Å². The molecule has 4 aromatic rings. The van der Waals surface area contributed by atoms with Crippen molar-refractivity contribution in [3.05, 3.63) is 77.3 Å². The van der Waals surface area contributed by atoms with E-state index in [-0.39, 0.29) is 12.0 Å². The van der Waals surface area contributed by atoms with E-state index in [1.165, 1.54) is 0 Å². The number of benzene rings is 2. The van der Waals surface area contributed by atoms with Crippen LogP contribution < -0.4 is 20.1 Å². The number of nitrogens with one attached hydrogen (secondary N) is 2. The highest BCUT2D eigenvalue weighted by atomic mass is 32.1. The monoisotopic (exact) mass is 447 g/mol. The molecule has 1 aliphatic heterocycles. The molecular formula is C25H25N3O3S. The minimum atomic E-state index is -0.133. The minimum Gasteiger partial charge on any atom is -0.489 e. The summed E-state index contributed by atoms with van der Waals surface area (Å²) in [6, 6.07) is 19.4. The van der Waals surface area contributed by atoms with Crippen molar-refractivity contribution >= 4 is 33.1 Å². The second-order valence-electron chi connectivity index (χ2n) is 7.86. The summed E-state index contributed by atoms with van der Waals surface area (Å²) < 4.78 is 15.0. The van der Waals surface area contributed by atoms with Gasteiger partial charge in [-0.05, 0) is 60.8 Å². The standard InChI is InChI=1S/C25H25N3O3S/c1-28-22-11-13-32-24(22)14-23(28)25(29)27-21-5-3-2-4-17(21)16-30-18-6-8-19(9-7-18)31-20-10-12-26-15-20/h2-9,11,13-14,20,26H,10,12,15-16H2,1H3,(H,27,29). The number of fused-ring (bicyclic) bond motifs is 1. The zero-order chi connectivity index (χ0) is 21.9. The third kappa shape index (κ3) is 4.35. The van der Waals surface area contributed by atoms with Crippen molar-refractivity contribution in [2.24, 2.45) is 7.05 Å². The number of carbonyl (C=O) groups excluding carboxylic acids is 1. The van der Waals surface area contributed by atoms with Crippen LogP contribution in [-0.2, 0) is 13.7 Å². The van der Waals surface area contributed by atoms with Gasteiger partial charge < -0.3 is 24.7 Å². The summed E-state index contributed by atoms with van der Waals surface area (Å²) in [6.45, 7) is 2.25. The average molecular weight is 448 g/mol. The molecular weight excluding hydrogens is 422 g/mol. The number of hydrogen-bond donors (Lipinski definition) is 2. The number of ether oxygens (including phenoxy) is 2. The van der Waals surface area contributed by atoms with E-state index in [9.17, 15) is 4.79 Å². The van der Waals surface area contributed by atoms with E-state index in [4.69, 9.17) is 9.47 Å². The number of rotatable bonds is 7. The van der Waals surface area contributed by atoms with Gasteiger partial charge in [-0.3, -0.25) is 4.79 Å². The smallest absolute Gasteiger partial charge is 0.272 e. The predicted octanol–water partition coefficient (Wildman–Crippen LogP) is 4.81. The van der Waals surface area contributed by atoms with Crippen molar-refractivity contribution in [2.75, 3.05) is 18.4 Å². The number of aryl methyl sites for hydroxylation is 1. The summed E-state index contributed by atoms with van der Waals surface area (Å²) in [5.74, 6) is 1.47. The largest absolute Gasteiger partial charge is 0.489 e. The summed E-state index contributed by atoms with van der Waals surface area (Å²) in [6.07, 6.45) is 1.26. The lowest BCUT2D eigenvalue weighted by molar-refractivity contribution is 0.101. The van der Waals surface area contributed by atoms with Crippen LogP contribution in [0.25, 0.3) is 10.2 Å². The molecule has 2 aromatic carbocycles. The highest BCUT2D eigenvalue weighted by Crippen LogP contribution is 2.26. The van der Waals surface area contributed by atoms with Crippen molar-refractivity contribution in [3.8, 4) is 11.5 Å². The molecule has 32 heavy (non-hydrogen) atoms. The Morgan fingerprint density at radius 2 is 1.97 bits per heavy atom. The lowest BCUT2D eigenvalue weighted by atomic mass is 10.2. The summed E-state index contributed by atoms with van der Waals surface area (Å²) in [5.41, 5.74) is 3.36. The first kappa shape index (κ1) is 20.6. The molecule has 0 aliphatic carbocycles. The second kappa shape index (κ2) is 9.06. The Morgan fingerprint density at radius 3 is 2.75 bits per heavy atom. The van der Waals surface area contributed by atoms with E-state index in [2.05, 4.69) is 10.6 Å². The van der Waals surface area contributed by atoms with Crippen LogP contribution in [0.3, 0.4) is 0 Å². The molecule has 5 rings (SSSR count). The van der Waals surface area contributed by atoms with Gasteiger partial charge in [0.15, 0.2) is 0 Å². The number of para-hydroxylation sites is 1. The maximum atomic E-state index is 12.9. The first-order chi connectivity index (χ1) is 15.7. The number of nitrogens with zero attached hydrogens (tertiary/aromatic N) is 1. The molecule has 1 amide bonds. The first-order valence-corrected chi connectivity index (χ1v) is 11.6. The number of thiophene rings is 1. The third-order valence-electron chi connectivity index (χ3n) is 5.70. The van der Waals surface area contributed by atoms with Crippen molar-refractivity contribution < 1.29 is 14.3 Å². The van der Waals surface area contributed by atoms with Crippen LogP contribution in [0.4, 0.5) is 5.69 Å². The Balaban J connectivity index is 1.24. The molecule has 2 aromatic heterocycles. The SMILES string of the molecule is Cn1c(C(=O)Nc2ccccc2COc2ccc(OC3CCNC3)cc2)cc2sccc21. The normalized spacial score (nSPS) is 15.7. The maximum Gasteiger partial charge on any atom is 0.272 e. The van der Waals surface area contributed by atoms with Gasteiger partial charge in [-0.15, -0.1) is 11.3 Å². The van der Waals surface area contributed by atoms with Crippen LogP contribution in [0.5, 0.6) is 11.5 Å². The average Bonchev–Trinajstić information content (AvgIpc) is 3.54. The number of hydrogen-bond acceptors (Lipinski definition) is 5. The maximum absolute atomic E-state index is 12.9. The Hall–Kier alpha value is -3.29. The van der Waals surface area contributed by atoms with Crippen molar-refractivity contribution in [3.63, 3.8) is 0 Å². The Morgan fingerprint density at radius 1 is 1.16 bits per heavy atom. The minimum absolute atomic E-state index is 0.133. The molecule has 6 nitrogen and oxygen atoms in total. The molecule has 0 radical (unpaired) electrons. The fourth-order valence-corrected chi connectivity index (χ4v) is 4.77. The van der Waals surface area contributed by atoms with Crippen molar-refractivity contribution in [1.82, 2.24) is 9.88 Å². The molecule has 1 fully saturated rings. The van der Waals surface area contributed by atoms with Crippen LogP contribution >= 0.6 is 11.3 Å². The van der Waals surface area contributed by atoms with Gasteiger partial charge in [0.2, 0.25) is 0 Å². The molecule has 7 heteroatoms. The van der Waals surface area contributed by atoms with Crippen LogP contribution in [0, 0.1) is 0 Å². The molecule has 1 atom stereocenters. The van der Waals surface area contributed by atoms with Gasteiger partial charge in [0.05, 0.1) is 10.2 Å². The van der Waals surface area contributed by atoms with Crippen molar-refractivity contribution in [2.45, 2.75) is 19.1 Å². The Bertz CT molecular complexity index is 1220. The summed E-state index contributed by atoms with van der Waals surface area (Å²) in [4.78, 5) is 12.9. The Labute approximate surface area is 190 Å². The van der Waals surface area contributed by atoms with Crippen LogP contribution in [-0.4, -0.2) is 29.7 Å². The van der Waals surface area contributed by atoms with Gasteiger partial charge in [0.25, 0.3) is 5.91 Å². The molecule has 164 valence electrons. The zero-order valence-corrected chi connectivity index (χ0v) is 18.7. The second-order valence-corrected chi connectivity index (χ2v) is 8.81. The van der Waals surface area contributed by atoms with E-state index >= 15 is 0 Å². The highest BCUT2D eigenvalue weighted by molar-refractivity contribution is 7.17. The van der Waals surface area contributed by atoms with E-state index in [0.29, 0.717) is 12.3 Å². The lowest BCUT2D eigenvalue weighted by Gasteiger charge is -2.14. The predicted molar refractivity (Wildman–Crippen MR) is 128 cm³/mol. The molecule has 0 bridgehead atoms. The summed E-state index contributed by atoms with van der Waals surface area (Å²) in [7, 11) is 1.91. The fraction of sp³-hybridized carbons (Fsp3) is 0.240. The molecule has 1 unspecified atom stereocenters. The van der Waals surface area contributed by atoms with E-state index in [0.717, 1.165) is 52.5 Å². The van der Waals surface area contributed by atoms with Gasteiger partial charge in [0, 0.05) is 24.8 Å². The zero-order valence-electron chi connectivity index (χ0n) is 17.8. The van der Waals surface area contributed by atoms with Gasteiger partial charge >= 0.3 is 0 Å². The van der Waals surface area contributed by atoms with Gasteiger partial charge in [0.1, 0.15) is 29.9 Å². The quantitative estimate of drug-likeness (QED) is 0.427. The molecule has 2 N–H and O–H groups in total. The highest BCUT2D eigenvalue weighted by Gasteiger charge is 2.17.